The molecule has 7 heteroatoms. The number of hydrogen-bond acceptors (Lipinski definition) is 5. The van der Waals surface area contributed by atoms with E-state index in [4.69, 9.17) is 9.15 Å². The number of hydrogen-bond donors (Lipinski definition) is 1. The monoisotopic (exact) mass is 387 g/mol. The molecule has 2 aromatic rings. The number of rotatable bonds is 9. The van der Waals surface area contributed by atoms with Gasteiger partial charge in [-0.05, 0) is 44.9 Å². The minimum absolute atomic E-state index is 0.0250. The van der Waals surface area contributed by atoms with Crippen LogP contribution in [0.3, 0.4) is 0 Å². The Labute approximate surface area is 166 Å². The van der Waals surface area contributed by atoms with E-state index in [1.165, 1.54) is 6.26 Å². The van der Waals surface area contributed by atoms with Gasteiger partial charge >= 0.3 is 0 Å². The average Bonchev–Trinajstić information content (AvgIpc) is 3.19. The number of nitrogens with one attached hydrogen (secondary N) is 1. The molecule has 0 spiro atoms. The lowest BCUT2D eigenvalue weighted by Crippen LogP contribution is -2.38. The molecule has 2 unspecified atom stereocenters. The van der Waals surface area contributed by atoms with Crippen molar-refractivity contribution in [3.63, 3.8) is 0 Å². The van der Waals surface area contributed by atoms with Crippen LogP contribution in [0.1, 0.15) is 67.3 Å². The number of aromatic nitrogens is 1. The summed E-state index contributed by atoms with van der Waals surface area (Å²) >= 11 is 0. The van der Waals surface area contributed by atoms with E-state index in [0.717, 1.165) is 12.8 Å². The fourth-order valence-corrected chi connectivity index (χ4v) is 2.60. The molecule has 0 radical (unpaired) electrons. The fraction of sp³-hybridized carbons (Fsp3) is 0.476. The molecule has 2 amide bonds. The maximum atomic E-state index is 13.1. The molecule has 152 valence electrons. The first kappa shape index (κ1) is 21.5. The van der Waals surface area contributed by atoms with Crippen LogP contribution in [0.2, 0.25) is 0 Å². The molecule has 7 nitrogen and oxygen atoms in total. The summed E-state index contributed by atoms with van der Waals surface area (Å²) in [6.45, 7) is 8.08. The fourth-order valence-electron chi connectivity index (χ4n) is 2.60. The van der Waals surface area contributed by atoms with Crippen LogP contribution < -0.4 is 10.1 Å². The van der Waals surface area contributed by atoms with Gasteiger partial charge in [-0.3, -0.25) is 9.59 Å². The van der Waals surface area contributed by atoms with Gasteiger partial charge in [0, 0.05) is 17.6 Å². The summed E-state index contributed by atoms with van der Waals surface area (Å²) in [7, 11) is 1.56. The van der Waals surface area contributed by atoms with Crippen molar-refractivity contribution >= 4 is 11.8 Å². The van der Waals surface area contributed by atoms with Gasteiger partial charge in [0.25, 0.3) is 11.8 Å². The van der Waals surface area contributed by atoms with Crippen molar-refractivity contribution in [3.8, 4) is 5.75 Å². The van der Waals surface area contributed by atoms with E-state index in [-0.39, 0.29) is 36.1 Å². The first-order valence-corrected chi connectivity index (χ1v) is 9.59. The number of nitrogens with zero attached hydrogens (tertiary/aromatic N) is 2. The number of ether oxygens (including phenoxy) is 1. The summed E-state index contributed by atoms with van der Waals surface area (Å²) in [5, 5.41) is 2.85. The molecule has 0 bridgehead atoms. The van der Waals surface area contributed by atoms with Gasteiger partial charge in [-0.1, -0.05) is 19.9 Å². The van der Waals surface area contributed by atoms with Gasteiger partial charge in [-0.15, -0.1) is 0 Å². The van der Waals surface area contributed by atoms with Crippen LogP contribution in [-0.4, -0.2) is 40.9 Å². The zero-order valence-electron chi connectivity index (χ0n) is 17.2. The summed E-state index contributed by atoms with van der Waals surface area (Å²) in [4.78, 5) is 31.2. The largest absolute Gasteiger partial charge is 0.497 e. The Bertz CT molecular complexity index is 802. The molecule has 0 aliphatic heterocycles. The predicted octanol–water partition coefficient (Wildman–Crippen LogP) is 3.65. The Morgan fingerprint density at radius 1 is 1.25 bits per heavy atom. The van der Waals surface area contributed by atoms with E-state index >= 15 is 0 Å². The lowest BCUT2D eigenvalue weighted by atomic mass is 10.1. The van der Waals surface area contributed by atoms with E-state index in [2.05, 4.69) is 10.3 Å². The molecule has 0 aliphatic carbocycles. The lowest BCUT2D eigenvalue weighted by molar-refractivity contribution is 0.0652. The second kappa shape index (κ2) is 9.92. The first-order valence-electron chi connectivity index (χ1n) is 9.59. The quantitative estimate of drug-likeness (QED) is 0.710. The standard InChI is InChI=1S/C21H29N3O4/c1-6-14(3)22-20(25)18-13-28-19(23-18)12-24(15(4)7-2)21(26)16-9-8-10-17(11-16)27-5/h8-11,13-15H,6-7,12H2,1-5H3,(H,22,25). The molecule has 1 aromatic heterocycles. The van der Waals surface area contributed by atoms with Crippen molar-refractivity contribution in [1.82, 2.24) is 15.2 Å². The Kier molecular flexibility index (Phi) is 7.61. The minimum Gasteiger partial charge on any atom is -0.497 e. The number of methoxy groups -OCH3 is 1. The summed E-state index contributed by atoms with van der Waals surface area (Å²) < 4.78 is 10.7. The Balaban J connectivity index is 2.18. The second-order valence-electron chi connectivity index (χ2n) is 6.83. The minimum atomic E-state index is -0.279. The average molecular weight is 387 g/mol. The van der Waals surface area contributed by atoms with Gasteiger partial charge in [0.2, 0.25) is 5.89 Å². The zero-order valence-corrected chi connectivity index (χ0v) is 17.2. The summed E-state index contributed by atoms with van der Waals surface area (Å²) in [6, 6.07) is 7.06. The van der Waals surface area contributed by atoms with Crippen LogP contribution in [0.25, 0.3) is 0 Å². The number of amides is 2. The van der Waals surface area contributed by atoms with Gasteiger partial charge in [0.05, 0.1) is 13.7 Å². The highest BCUT2D eigenvalue weighted by Crippen LogP contribution is 2.19. The predicted molar refractivity (Wildman–Crippen MR) is 106 cm³/mol. The normalized spacial score (nSPS) is 12.9. The van der Waals surface area contributed by atoms with Crippen LogP contribution in [0, 0.1) is 0 Å². The number of oxazole rings is 1. The number of benzene rings is 1. The van der Waals surface area contributed by atoms with Crippen molar-refractivity contribution in [3.05, 3.63) is 47.7 Å². The number of carbonyl (C=O) groups excluding carboxylic acids is 2. The van der Waals surface area contributed by atoms with E-state index in [0.29, 0.717) is 17.2 Å². The number of carbonyl (C=O) groups is 2. The van der Waals surface area contributed by atoms with Gasteiger partial charge in [-0.25, -0.2) is 4.98 Å². The van der Waals surface area contributed by atoms with Crippen molar-refractivity contribution < 1.29 is 18.7 Å². The summed E-state index contributed by atoms with van der Waals surface area (Å²) in [5.74, 6) is 0.525. The third kappa shape index (κ3) is 5.34. The van der Waals surface area contributed by atoms with Crippen LogP contribution in [0.4, 0.5) is 0 Å². The SMILES string of the molecule is CCC(C)NC(=O)c1coc(CN(C(=O)c2cccc(OC)c2)C(C)CC)n1. The lowest BCUT2D eigenvalue weighted by Gasteiger charge is -2.27. The molecule has 0 aliphatic rings. The molecular formula is C21H29N3O4. The molecule has 2 atom stereocenters. The van der Waals surface area contributed by atoms with Crippen molar-refractivity contribution in [1.29, 1.82) is 0 Å². The third-order valence-electron chi connectivity index (χ3n) is 4.78. The van der Waals surface area contributed by atoms with Gasteiger partial charge < -0.3 is 19.4 Å². The summed E-state index contributed by atoms with van der Waals surface area (Å²) in [6.07, 6.45) is 2.93. The molecule has 1 heterocycles. The Morgan fingerprint density at radius 3 is 2.64 bits per heavy atom. The maximum absolute atomic E-state index is 13.1. The molecule has 2 rings (SSSR count). The summed E-state index contributed by atoms with van der Waals surface area (Å²) in [5.41, 5.74) is 0.745. The van der Waals surface area contributed by atoms with Crippen molar-refractivity contribution in [2.75, 3.05) is 7.11 Å². The molecule has 1 N–H and O–H groups in total. The zero-order chi connectivity index (χ0) is 20.7. The molecular weight excluding hydrogens is 358 g/mol. The molecule has 0 saturated heterocycles. The Morgan fingerprint density at radius 2 is 2.00 bits per heavy atom. The van der Waals surface area contributed by atoms with Crippen LogP contribution in [0.5, 0.6) is 5.75 Å². The molecule has 1 aromatic carbocycles. The first-order chi connectivity index (χ1) is 13.4. The van der Waals surface area contributed by atoms with E-state index in [1.807, 2.05) is 27.7 Å². The molecule has 0 fully saturated rings. The van der Waals surface area contributed by atoms with Crippen molar-refractivity contribution in [2.45, 2.75) is 59.2 Å². The smallest absolute Gasteiger partial charge is 0.273 e. The third-order valence-corrected chi connectivity index (χ3v) is 4.78. The topological polar surface area (TPSA) is 84.7 Å². The van der Waals surface area contributed by atoms with E-state index in [9.17, 15) is 9.59 Å². The van der Waals surface area contributed by atoms with E-state index < -0.39 is 0 Å². The highest BCUT2D eigenvalue weighted by atomic mass is 16.5. The van der Waals surface area contributed by atoms with Gasteiger partial charge in [0.1, 0.15) is 12.0 Å². The van der Waals surface area contributed by atoms with Crippen molar-refractivity contribution in [2.24, 2.45) is 0 Å². The highest BCUT2D eigenvalue weighted by molar-refractivity contribution is 5.95. The van der Waals surface area contributed by atoms with Crippen LogP contribution in [-0.2, 0) is 6.54 Å². The Hall–Kier alpha value is -2.83. The van der Waals surface area contributed by atoms with Crippen LogP contribution >= 0.6 is 0 Å². The molecule has 28 heavy (non-hydrogen) atoms. The molecule has 0 saturated carbocycles. The van der Waals surface area contributed by atoms with E-state index in [1.54, 1.807) is 36.3 Å². The highest BCUT2D eigenvalue weighted by Gasteiger charge is 2.24. The maximum Gasteiger partial charge on any atom is 0.273 e. The van der Waals surface area contributed by atoms with Gasteiger partial charge in [0.15, 0.2) is 5.69 Å². The van der Waals surface area contributed by atoms with Gasteiger partial charge in [-0.2, -0.15) is 0 Å². The van der Waals surface area contributed by atoms with Crippen LogP contribution in [0.15, 0.2) is 34.9 Å². The second-order valence-corrected chi connectivity index (χ2v) is 6.83.